The minimum absolute atomic E-state index is 0.0213. The number of pyridine rings is 1. The Balaban J connectivity index is 1.77. The Kier molecular flexibility index (Phi) is 6.31. The minimum Gasteiger partial charge on any atom is -0.444 e. The highest BCUT2D eigenvalue weighted by Gasteiger charge is 2.30. The maximum atomic E-state index is 14.4. The molecule has 0 radical (unpaired) electrons. The standard InChI is InChI=1S/C22H25ClFN3O3/c1-12(26-21(29)30-22(2,3)4)15-8-7-14(9-17(15)23)16-10-19(25-11-18(16)24)27-20(28)13-5-6-13/h7-13H,5-6H2,1-4H3,(H,26,29)(H,25,27,28)/t12-/m1/s1. The van der Waals surface area contributed by atoms with Gasteiger partial charge >= 0.3 is 6.09 Å². The average Bonchev–Trinajstić information content (AvgIpc) is 3.46. The Morgan fingerprint density at radius 3 is 2.57 bits per heavy atom. The molecule has 160 valence electrons. The minimum atomic E-state index is -0.608. The van der Waals surface area contributed by atoms with Crippen LogP contribution in [0.3, 0.4) is 0 Å². The van der Waals surface area contributed by atoms with Crippen LogP contribution >= 0.6 is 11.6 Å². The number of anilines is 1. The predicted octanol–water partition coefficient (Wildman–Crippen LogP) is 5.48. The SMILES string of the molecule is C[C@@H](NC(=O)OC(C)(C)C)c1ccc(-c2cc(NC(=O)C3CC3)ncc2F)cc1Cl. The van der Waals surface area contributed by atoms with Crippen molar-refractivity contribution in [3.63, 3.8) is 0 Å². The fraction of sp³-hybridized carbons (Fsp3) is 0.409. The molecule has 0 unspecified atom stereocenters. The first-order valence-corrected chi connectivity index (χ1v) is 10.2. The topological polar surface area (TPSA) is 80.3 Å². The molecule has 8 heteroatoms. The van der Waals surface area contributed by atoms with Crippen LogP contribution in [0.5, 0.6) is 0 Å². The molecule has 1 atom stereocenters. The molecule has 1 aromatic heterocycles. The van der Waals surface area contributed by atoms with E-state index in [-0.39, 0.29) is 17.4 Å². The summed E-state index contributed by atoms with van der Waals surface area (Å²) in [5.74, 6) is -0.310. The van der Waals surface area contributed by atoms with E-state index < -0.39 is 23.6 Å². The largest absolute Gasteiger partial charge is 0.444 e. The number of hydrogen-bond donors (Lipinski definition) is 2. The van der Waals surface area contributed by atoms with Crippen molar-refractivity contribution < 1.29 is 18.7 Å². The third-order valence-corrected chi connectivity index (χ3v) is 4.89. The van der Waals surface area contributed by atoms with Crippen molar-refractivity contribution in [3.8, 4) is 11.1 Å². The number of ether oxygens (including phenoxy) is 1. The molecule has 0 bridgehead atoms. The zero-order chi connectivity index (χ0) is 22.1. The zero-order valence-electron chi connectivity index (χ0n) is 17.4. The number of aromatic nitrogens is 1. The van der Waals surface area contributed by atoms with Gasteiger partial charge in [-0.15, -0.1) is 0 Å². The molecule has 0 saturated heterocycles. The van der Waals surface area contributed by atoms with E-state index in [4.69, 9.17) is 16.3 Å². The number of alkyl carbamates (subject to hydrolysis) is 1. The van der Waals surface area contributed by atoms with Crippen LogP contribution in [0.4, 0.5) is 15.0 Å². The number of benzene rings is 1. The van der Waals surface area contributed by atoms with E-state index in [0.717, 1.165) is 19.0 Å². The number of nitrogens with one attached hydrogen (secondary N) is 2. The van der Waals surface area contributed by atoms with Crippen molar-refractivity contribution in [2.24, 2.45) is 5.92 Å². The van der Waals surface area contributed by atoms with Crippen LogP contribution < -0.4 is 10.6 Å². The Labute approximate surface area is 180 Å². The lowest BCUT2D eigenvalue weighted by Gasteiger charge is -2.22. The molecule has 2 N–H and O–H groups in total. The Morgan fingerprint density at radius 2 is 1.97 bits per heavy atom. The third-order valence-electron chi connectivity index (χ3n) is 4.57. The van der Waals surface area contributed by atoms with Gasteiger partial charge in [-0.25, -0.2) is 14.2 Å². The number of rotatable bonds is 5. The Morgan fingerprint density at radius 1 is 1.27 bits per heavy atom. The summed E-state index contributed by atoms with van der Waals surface area (Å²) in [4.78, 5) is 27.9. The first kappa shape index (κ1) is 22.0. The number of carbonyl (C=O) groups is 2. The summed E-state index contributed by atoms with van der Waals surface area (Å²) in [6, 6.07) is 6.14. The predicted molar refractivity (Wildman–Crippen MR) is 114 cm³/mol. The van der Waals surface area contributed by atoms with E-state index in [0.29, 0.717) is 22.0 Å². The van der Waals surface area contributed by atoms with E-state index in [9.17, 15) is 14.0 Å². The molecule has 2 aromatic rings. The second kappa shape index (κ2) is 8.60. The maximum Gasteiger partial charge on any atom is 0.408 e. The molecule has 1 aliphatic rings. The Hall–Kier alpha value is -2.67. The second-order valence-corrected chi connectivity index (χ2v) is 8.82. The molecule has 1 saturated carbocycles. The zero-order valence-corrected chi connectivity index (χ0v) is 18.1. The lowest BCUT2D eigenvalue weighted by molar-refractivity contribution is -0.117. The molecular formula is C22H25ClFN3O3. The molecule has 1 aliphatic carbocycles. The molecule has 1 aromatic carbocycles. The molecule has 0 aliphatic heterocycles. The van der Waals surface area contributed by atoms with E-state index in [1.54, 1.807) is 45.9 Å². The molecule has 2 amide bonds. The van der Waals surface area contributed by atoms with Crippen LogP contribution in [0.2, 0.25) is 5.02 Å². The highest BCUT2D eigenvalue weighted by molar-refractivity contribution is 6.31. The first-order valence-electron chi connectivity index (χ1n) is 9.79. The molecule has 1 heterocycles. The van der Waals surface area contributed by atoms with E-state index in [1.807, 2.05) is 0 Å². The van der Waals surface area contributed by atoms with Gasteiger partial charge in [0.25, 0.3) is 0 Å². The molecular weight excluding hydrogens is 409 g/mol. The number of amides is 2. The van der Waals surface area contributed by atoms with Gasteiger partial charge in [0.05, 0.1) is 12.2 Å². The Bertz CT molecular complexity index is 971. The van der Waals surface area contributed by atoms with Gasteiger partial charge in [-0.1, -0.05) is 23.7 Å². The van der Waals surface area contributed by atoms with Crippen molar-refractivity contribution in [1.82, 2.24) is 10.3 Å². The molecule has 0 spiro atoms. The molecule has 30 heavy (non-hydrogen) atoms. The summed E-state index contributed by atoms with van der Waals surface area (Å²) in [6.07, 6.45) is 2.26. The van der Waals surface area contributed by atoms with Crippen molar-refractivity contribution in [1.29, 1.82) is 0 Å². The summed E-state index contributed by atoms with van der Waals surface area (Å²) < 4.78 is 19.7. The van der Waals surface area contributed by atoms with Crippen molar-refractivity contribution >= 4 is 29.4 Å². The van der Waals surface area contributed by atoms with Gasteiger partial charge in [0.1, 0.15) is 17.2 Å². The van der Waals surface area contributed by atoms with Crippen molar-refractivity contribution in [2.75, 3.05) is 5.32 Å². The maximum absolute atomic E-state index is 14.4. The van der Waals surface area contributed by atoms with E-state index in [2.05, 4.69) is 15.6 Å². The van der Waals surface area contributed by atoms with Crippen LogP contribution in [-0.2, 0) is 9.53 Å². The smallest absolute Gasteiger partial charge is 0.408 e. The second-order valence-electron chi connectivity index (χ2n) is 8.42. The summed E-state index contributed by atoms with van der Waals surface area (Å²) in [5, 5.41) is 5.82. The number of carbonyl (C=O) groups excluding carboxylic acids is 2. The number of hydrogen-bond acceptors (Lipinski definition) is 4. The summed E-state index contributed by atoms with van der Waals surface area (Å²) in [5.41, 5.74) is 0.874. The van der Waals surface area contributed by atoms with E-state index >= 15 is 0 Å². The average molecular weight is 434 g/mol. The summed E-state index contributed by atoms with van der Waals surface area (Å²) in [7, 11) is 0. The fourth-order valence-electron chi connectivity index (χ4n) is 2.91. The fourth-order valence-corrected chi connectivity index (χ4v) is 3.25. The van der Waals surface area contributed by atoms with Gasteiger partial charge in [0.15, 0.2) is 0 Å². The quantitative estimate of drug-likeness (QED) is 0.654. The van der Waals surface area contributed by atoms with Crippen molar-refractivity contribution in [3.05, 3.63) is 46.9 Å². The lowest BCUT2D eigenvalue weighted by atomic mass is 10.0. The number of nitrogens with zero attached hydrogens (tertiary/aromatic N) is 1. The summed E-state index contributed by atoms with van der Waals surface area (Å²) in [6.45, 7) is 7.13. The first-order chi connectivity index (χ1) is 14.0. The van der Waals surface area contributed by atoms with Crippen molar-refractivity contribution in [2.45, 2.75) is 52.2 Å². The van der Waals surface area contributed by atoms with Crippen LogP contribution in [-0.4, -0.2) is 22.6 Å². The monoisotopic (exact) mass is 433 g/mol. The van der Waals surface area contributed by atoms with Crippen LogP contribution in [0.25, 0.3) is 11.1 Å². The highest BCUT2D eigenvalue weighted by atomic mass is 35.5. The normalized spacial score (nSPS) is 14.7. The van der Waals surface area contributed by atoms with Crippen LogP contribution in [0, 0.1) is 11.7 Å². The van der Waals surface area contributed by atoms with Gasteiger partial charge in [-0.05, 0) is 63.8 Å². The molecule has 6 nitrogen and oxygen atoms in total. The molecule has 1 fully saturated rings. The van der Waals surface area contributed by atoms with Gasteiger partial charge in [-0.2, -0.15) is 0 Å². The van der Waals surface area contributed by atoms with Gasteiger partial charge < -0.3 is 15.4 Å². The van der Waals surface area contributed by atoms with Gasteiger partial charge in [-0.3, -0.25) is 4.79 Å². The molecule has 3 rings (SSSR count). The lowest BCUT2D eigenvalue weighted by Crippen LogP contribution is -2.34. The van der Waals surface area contributed by atoms with Gasteiger partial charge in [0, 0.05) is 16.5 Å². The van der Waals surface area contributed by atoms with E-state index in [1.165, 1.54) is 6.07 Å². The number of halogens is 2. The van der Waals surface area contributed by atoms with Crippen LogP contribution in [0.1, 0.15) is 52.1 Å². The third kappa shape index (κ3) is 5.69. The highest BCUT2D eigenvalue weighted by Crippen LogP contribution is 2.33. The van der Waals surface area contributed by atoms with Crippen LogP contribution in [0.15, 0.2) is 30.5 Å². The summed E-state index contributed by atoms with van der Waals surface area (Å²) >= 11 is 6.42. The van der Waals surface area contributed by atoms with Gasteiger partial charge in [0.2, 0.25) is 5.91 Å².